The zero-order valence-electron chi connectivity index (χ0n) is 10.5. The highest BCUT2D eigenvalue weighted by molar-refractivity contribution is 7.99. The normalized spacial score (nSPS) is 10.7. The van der Waals surface area contributed by atoms with Crippen LogP contribution in [0.1, 0.15) is 11.1 Å². The minimum Gasteiger partial charge on any atom is -0.333 e. The van der Waals surface area contributed by atoms with Gasteiger partial charge in [0.15, 0.2) is 5.16 Å². The lowest BCUT2D eigenvalue weighted by Crippen LogP contribution is -1.86. The first-order chi connectivity index (χ1) is 9.67. The second-order valence-corrected chi connectivity index (χ2v) is 5.61. The van der Waals surface area contributed by atoms with Crippen molar-refractivity contribution in [3.8, 4) is 6.07 Å². The van der Waals surface area contributed by atoms with Crippen molar-refractivity contribution in [3.05, 3.63) is 46.6 Å². The zero-order chi connectivity index (χ0) is 14.1. The van der Waals surface area contributed by atoms with Crippen molar-refractivity contribution in [2.24, 2.45) is 0 Å². The van der Waals surface area contributed by atoms with E-state index in [1.807, 2.05) is 31.2 Å². The van der Waals surface area contributed by atoms with Gasteiger partial charge in [-0.1, -0.05) is 17.7 Å². The average Bonchev–Trinajstić information content (AvgIpc) is 2.82. The number of halogens is 1. The van der Waals surface area contributed by atoms with E-state index in [0.717, 1.165) is 11.0 Å². The zero-order valence-corrected chi connectivity index (χ0v) is 12.1. The van der Waals surface area contributed by atoms with Crippen LogP contribution < -0.4 is 0 Å². The summed E-state index contributed by atoms with van der Waals surface area (Å²) >= 11 is 7.45. The van der Waals surface area contributed by atoms with Gasteiger partial charge in [-0.3, -0.25) is 0 Å². The van der Waals surface area contributed by atoms with Gasteiger partial charge in [-0.2, -0.15) is 5.26 Å². The van der Waals surface area contributed by atoms with Crippen molar-refractivity contribution in [1.29, 1.82) is 5.26 Å². The number of nitrogens with zero attached hydrogens (tertiary/aromatic N) is 3. The minimum absolute atomic E-state index is 0.358. The van der Waals surface area contributed by atoms with Crippen LogP contribution in [0.4, 0.5) is 0 Å². The number of aromatic nitrogens is 3. The fourth-order valence-electron chi connectivity index (χ4n) is 1.82. The number of imidazole rings is 1. The molecule has 6 heteroatoms. The third-order valence-electron chi connectivity index (χ3n) is 2.79. The molecule has 2 heterocycles. The first-order valence-electron chi connectivity index (χ1n) is 5.86. The standard InChI is InChI=1S/C14H9ClN4S/c1-8-2-3-10-11(6-8)19-14(18-10)20-13-12(15)9(7-16)4-5-17-13/h2-6H,1H3,(H,18,19). The van der Waals surface area contributed by atoms with E-state index in [-0.39, 0.29) is 0 Å². The number of aromatic amines is 1. The summed E-state index contributed by atoms with van der Waals surface area (Å²) in [7, 11) is 0. The van der Waals surface area contributed by atoms with Gasteiger partial charge in [0.1, 0.15) is 11.1 Å². The van der Waals surface area contributed by atoms with Crippen LogP contribution in [0.15, 0.2) is 40.6 Å². The maximum absolute atomic E-state index is 8.96. The summed E-state index contributed by atoms with van der Waals surface area (Å²) in [5.74, 6) is 0. The molecule has 0 atom stereocenters. The van der Waals surface area contributed by atoms with Crippen LogP contribution >= 0.6 is 23.4 Å². The van der Waals surface area contributed by atoms with Crippen LogP contribution in [-0.4, -0.2) is 15.0 Å². The van der Waals surface area contributed by atoms with E-state index in [2.05, 4.69) is 15.0 Å². The van der Waals surface area contributed by atoms with Gasteiger partial charge in [-0.25, -0.2) is 9.97 Å². The molecule has 0 radical (unpaired) electrons. The summed E-state index contributed by atoms with van der Waals surface area (Å²) in [5, 5.41) is 10.6. The second kappa shape index (κ2) is 5.16. The molecule has 0 unspecified atom stereocenters. The number of nitrogens with one attached hydrogen (secondary N) is 1. The Morgan fingerprint density at radius 3 is 3.00 bits per heavy atom. The van der Waals surface area contributed by atoms with Crippen LogP contribution in [0.3, 0.4) is 0 Å². The van der Waals surface area contributed by atoms with Gasteiger partial charge in [-0.05, 0) is 42.4 Å². The van der Waals surface area contributed by atoms with Crippen molar-refractivity contribution in [2.75, 3.05) is 0 Å². The molecule has 98 valence electrons. The summed E-state index contributed by atoms with van der Waals surface area (Å²) in [4.78, 5) is 11.9. The lowest BCUT2D eigenvalue weighted by Gasteiger charge is -2.01. The molecule has 0 aliphatic rings. The highest BCUT2D eigenvalue weighted by Crippen LogP contribution is 2.32. The highest BCUT2D eigenvalue weighted by Gasteiger charge is 2.11. The van der Waals surface area contributed by atoms with Gasteiger partial charge < -0.3 is 4.98 Å². The number of hydrogen-bond donors (Lipinski definition) is 1. The van der Waals surface area contributed by atoms with Crippen molar-refractivity contribution in [2.45, 2.75) is 17.1 Å². The van der Waals surface area contributed by atoms with Gasteiger partial charge in [0, 0.05) is 6.20 Å². The van der Waals surface area contributed by atoms with E-state index in [9.17, 15) is 0 Å². The third-order valence-corrected chi connectivity index (χ3v) is 4.17. The van der Waals surface area contributed by atoms with Crippen LogP contribution in [-0.2, 0) is 0 Å². The van der Waals surface area contributed by atoms with Gasteiger partial charge in [-0.15, -0.1) is 0 Å². The predicted octanol–water partition coefficient (Wildman–Crippen LogP) is 3.94. The molecule has 4 nitrogen and oxygen atoms in total. The average molecular weight is 301 g/mol. The molecule has 0 aliphatic heterocycles. The summed E-state index contributed by atoms with van der Waals surface area (Å²) < 4.78 is 0. The third kappa shape index (κ3) is 2.36. The number of pyridine rings is 1. The van der Waals surface area contributed by atoms with Crippen molar-refractivity contribution in [3.63, 3.8) is 0 Å². The Hall–Kier alpha value is -2.03. The Morgan fingerprint density at radius 2 is 2.20 bits per heavy atom. The largest absolute Gasteiger partial charge is 0.333 e. The van der Waals surface area contributed by atoms with E-state index >= 15 is 0 Å². The molecule has 20 heavy (non-hydrogen) atoms. The summed E-state index contributed by atoms with van der Waals surface area (Å²) in [6.45, 7) is 2.03. The molecular weight excluding hydrogens is 292 g/mol. The lowest BCUT2D eigenvalue weighted by molar-refractivity contribution is 1.05. The van der Waals surface area contributed by atoms with Crippen molar-refractivity contribution in [1.82, 2.24) is 15.0 Å². The molecule has 0 saturated carbocycles. The first kappa shape index (κ1) is 13.0. The van der Waals surface area contributed by atoms with Crippen LogP contribution in [0.5, 0.6) is 0 Å². The molecule has 1 N–H and O–H groups in total. The SMILES string of the molecule is Cc1ccc2nc(Sc3nccc(C#N)c3Cl)[nH]c2c1. The fraction of sp³-hybridized carbons (Fsp3) is 0.0714. The Balaban J connectivity index is 1.99. The van der Waals surface area contributed by atoms with E-state index in [1.54, 1.807) is 12.3 Å². The van der Waals surface area contributed by atoms with Crippen molar-refractivity contribution >= 4 is 34.4 Å². The smallest absolute Gasteiger partial charge is 0.172 e. The number of benzene rings is 1. The van der Waals surface area contributed by atoms with Crippen LogP contribution in [0.25, 0.3) is 11.0 Å². The number of hydrogen-bond acceptors (Lipinski definition) is 4. The van der Waals surface area contributed by atoms with E-state index in [0.29, 0.717) is 20.8 Å². The number of aryl methyl sites for hydroxylation is 1. The van der Waals surface area contributed by atoms with Gasteiger partial charge in [0.25, 0.3) is 0 Å². The highest BCUT2D eigenvalue weighted by atomic mass is 35.5. The van der Waals surface area contributed by atoms with Gasteiger partial charge in [0.05, 0.1) is 21.6 Å². The maximum atomic E-state index is 8.96. The summed E-state index contributed by atoms with van der Waals surface area (Å²) in [5.41, 5.74) is 3.45. The Labute approximate surface area is 124 Å². The predicted molar refractivity (Wildman–Crippen MR) is 78.9 cm³/mol. The maximum Gasteiger partial charge on any atom is 0.172 e. The molecule has 0 bridgehead atoms. The number of H-pyrrole nitrogens is 1. The molecule has 0 amide bonds. The Morgan fingerprint density at radius 1 is 1.35 bits per heavy atom. The Bertz CT molecular complexity index is 835. The van der Waals surface area contributed by atoms with E-state index in [4.69, 9.17) is 16.9 Å². The molecule has 0 fully saturated rings. The quantitative estimate of drug-likeness (QED) is 0.778. The lowest BCUT2D eigenvalue weighted by atomic mass is 10.2. The van der Waals surface area contributed by atoms with E-state index in [1.165, 1.54) is 17.3 Å². The van der Waals surface area contributed by atoms with Crippen molar-refractivity contribution < 1.29 is 0 Å². The molecule has 0 aliphatic carbocycles. The number of rotatable bonds is 2. The Kier molecular flexibility index (Phi) is 3.35. The molecule has 3 aromatic rings. The molecule has 2 aromatic heterocycles. The van der Waals surface area contributed by atoms with Gasteiger partial charge >= 0.3 is 0 Å². The summed E-state index contributed by atoms with van der Waals surface area (Å²) in [6, 6.07) is 9.64. The second-order valence-electron chi connectivity index (χ2n) is 4.25. The van der Waals surface area contributed by atoms with E-state index < -0.39 is 0 Å². The first-order valence-corrected chi connectivity index (χ1v) is 7.05. The van der Waals surface area contributed by atoms with Crippen LogP contribution in [0, 0.1) is 18.3 Å². The van der Waals surface area contributed by atoms with Crippen LogP contribution in [0.2, 0.25) is 5.02 Å². The number of nitriles is 1. The topological polar surface area (TPSA) is 65.4 Å². The van der Waals surface area contributed by atoms with Gasteiger partial charge in [0.2, 0.25) is 0 Å². The molecule has 0 saturated heterocycles. The molecular formula is C14H9ClN4S. The minimum atomic E-state index is 0.358. The fourth-order valence-corrected chi connectivity index (χ4v) is 2.89. The molecule has 1 aromatic carbocycles. The monoisotopic (exact) mass is 300 g/mol. The molecule has 3 rings (SSSR count). The number of fused-ring (bicyclic) bond motifs is 1. The molecule has 0 spiro atoms. The summed E-state index contributed by atoms with van der Waals surface area (Å²) in [6.07, 6.45) is 1.57.